The van der Waals surface area contributed by atoms with Crippen molar-refractivity contribution >= 4 is 11.7 Å². The summed E-state index contributed by atoms with van der Waals surface area (Å²) in [6, 6.07) is 9.57. The Kier molecular flexibility index (Phi) is 3.96. The summed E-state index contributed by atoms with van der Waals surface area (Å²) in [6.07, 6.45) is 6.62. The average molecular weight is 311 g/mol. The van der Waals surface area contributed by atoms with Gasteiger partial charge in [-0.3, -0.25) is 9.59 Å². The first-order valence-electron chi connectivity index (χ1n) is 9.10. The van der Waals surface area contributed by atoms with Gasteiger partial charge in [-0.15, -0.1) is 0 Å². The van der Waals surface area contributed by atoms with Crippen LogP contribution in [-0.4, -0.2) is 29.7 Å². The Hall–Kier alpha value is -1.64. The van der Waals surface area contributed by atoms with Gasteiger partial charge in [-0.1, -0.05) is 36.8 Å². The standard InChI is InChI=1S/C20H25NO2/c22-19(15-4-2-1-3-5-15)16-8-10-21(11-9-16)20(23)18-13-14-6-7-17(18)12-14/h1-5,14,16-18H,6-13H2. The number of carbonyl (C=O) groups excluding carboxylic acids is 2. The van der Waals surface area contributed by atoms with E-state index in [9.17, 15) is 9.59 Å². The topological polar surface area (TPSA) is 37.4 Å². The van der Waals surface area contributed by atoms with E-state index in [-0.39, 0.29) is 17.6 Å². The van der Waals surface area contributed by atoms with E-state index in [4.69, 9.17) is 0 Å². The smallest absolute Gasteiger partial charge is 0.225 e. The van der Waals surface area contributed by atoms with Crippen molar-refractivity contribution < 1.29 is 9.59 Å². The minimum absolute atomic E-state index is 0.0847. The molecule has 0 radical (unpaired) electrons. The molecule has 1 aromatic carbocycles. The van der Waals surface area contributed by atoms with Crippen molar-refractivity contribution in [2.24, 2.45) is 23.7 Å². The van der Waals surface area contributed by atoms with Crippen molar-refractivity contribution in [3.8, 4) is 0 Å². The zero-order valence-electron chi connectivity index (χ0n) is 13.6. The molecule has 122 valence electrons. The molecule has 1 heterocycles. The van der Waals surface area contributed by atoms with Crippen LogP contribution in [-0.2, 0) is 4.79 Å². The lowest BCUT2D eigenvalue weighted by Gasteiger charge is -2.35. The minimum Gasteiger partial charge on any atom is -0.342 e. The molecule has 4 rings (SSSR count). The first-order valence-corrected chi connectivity index (χ1v) is 9.10. The summed E-state index contributed by atoms with van der Waals surface area (Å²) in [6.45, 7) is 1.52. The van der Waals surface area contributed by atoms with Gasteiger partial charge in [0.25, 0.3) is 0 Å². The van der Waals surface area contributed by atoms with E-state index in [1.54, 1.807) is 0 Å². The molecule has 0 spiro atoms. The summed E-state index contributed by atoms with van der Waals surface area (Å²) in [5, 5.41) is 0. The maximum absolute atomic E-state index is 12.8. The molecule has 3 nitrogen and oxygen atoms in total. The number of hydrogen-bond acceptors (Lipinski definition) is 2. The van der Waals surface area contributed by atoms with Crippen LogP contribution in [0.5, 0.6) is 0 Å². The highest BCUT2D eigenvalue weighted by molar-refractivity contribution is 5.98. The molecule has 3 aliphatic rings. The number of likely N-dealkylation sites (tertiary alicyclic amines) is 1. The lowest BCUT2D eigenvalue weighted by molar-refractivity contribution is -0.138. The maximum Gasteiger partial charge on any atom is 0.225 e. The number of benzene rings is 1. The number of hydrogen-bond donors (Lipinski definition) is 0. The number of Topliss-reactive ketones (excluding diaryl/α,β-unsaturated/α-hetero) is 1. The highest BCUT2D eigenvalue weighted by atomic mass is 16.2. The highest BCUT2D eigenvalue weighted by Gasteiger charge is 2.44. The number of rotatable bonds is 3. The van der Waals surface area contributed by atoms with E-state index in [1.807, 2.05) is 35.2 Å². The number of piperidine rings is 1. The minimum atomic E-state index is 0.0847. The fraction of sp³-hybridized carbons (Fsp3) is 0.600. The molecule has 0 aromatic heterocycles. The summed E-state index contributed by atoms with van der Waals surface area (Å²) < 4.78 is 0. The highest BCUT2D eigenvalue weighted by Crippen LogP contribution is 2.49. The zero-order chi connectivity index (χ0) is 15.8. The normalized spacial score (nSPS) is 30.6. The van der Waals surface area contributed by atoms with E-state index in [1.165, 1.54) is 19.3 Å². The van der Waals surface area contributed by atoms with Crippen molar-refractivity contribution in [2.75, 3.05) is 13.1 Å². The first-order chi connectivity index (χ1) is 11.2. The molecular formula is C20H25NO2. The van der Waals surface area contributed by atoms with Crippen molar-refractivity contribution in [3.63, 3.8) is 0 Å². The van der Waals surface area contributed by atoms with Crippen LogP contribution < -0.4 is 0 Å². The molecule has 3 unspecified atom stereocenters. The molecule has 1 saturated heterocycles. The van der Waals surface area contributed by atoms with Gasteiger partial charge in [0.15, 0.2) is 5.78 Å². The van der Waals surface area contributed by atoms with Crippen LogP contribution in [0.15, 0.2) is 30.3 Å². The average Bonchev–Trinajstić information content (AvgIpc) is 3.25. The number of ketones is 1. The molecule has 2 aliphatic carbocycles. The Morgan fingerprint density at radius 1 is 0.913 bits per heavy atom. The predicted octanol–water partition coefficient (Wildman–Crippen LogP) is 3.54. The van der Waals surface area contributed by atoms with Gasteiger partial charge in [-0.25, -0.2) is 0 Å². The monoisotopic (exact) mass is 311 g/mol. The lowest BCUT2D eigenvalue weighted by Crippen LogP contribution is -2.44. The lowest BCUT2D eigenvalue weighted by atomic mass is 9.85. The Morgan fingerprint density at radius 2 is 1.65 bits per heavy atom. The molecule has 2 saturated carbocycles. The van der Waals surface area contributed by atoms with E-state index in [2.05, 4.69) is 0 Å². The van der Waals surface area contributed by atoms with Gasteiger partial charge in [0, 0.05) is 30.5 Å². The molecule has 3 fully saturated rings. The fourth-order valence-corrected chi connectivity index (χ4v) is 4.98. The third-order valence-corrected chi connectivity index (χ3v) is 6.29. The van der Waals surface area contributed by atoms with Gasteiger partial charge in [-0.2, -0.15) is 0 Å². The summed E-state index contributed by atoms with van der Waals surface area (Å²) in [7, 11) is 0. The molecule has 2 bridgehead atoms. The second-order valence-corrected chi connectivity index (χ2v) is 7.61. The van der Waals surface area contributed by atoms with Crippen molar-refractivity contribution in [1.29, 1.82) is 0 Å². The maximum atomic E-state index is 12.8. The quantitative estimate of drug-likeness (QED) is 0.801. The number of carbonyl (C=O) groups is 2. The van der Waals surface area contributed by atoms with Crippen molar-refractivity contribution in [1.82, 2.24) is 4.90 Å². The van der Waals surface area contributed by atoms with Crippen LogP contribution in [0.4, 0.5) is 0 Å². The Balaban J connectivity index is 1.34. The summed E-state index contributed by atoms with van der Waals surface area (Å²) in [5.41, 5.74) is 0.811. The van der Waals surface area contributed by atoms with Gasteiger partial charge in [0.05, 0.1) is 0 Å². The van der Waals surface area contributed by atoms with Crippen LogP contribution >= 0.6 is 0 Å². The van der Waals surface area contributed by atoms with Crippen LogP contribution in [0.1, 0.15) is 48.9 Å². The van der Waals surface area contributed by atoms with Gasteiger partial charge in [0.2, 0.25) is 5.91 Å². The van der Waals surface area contributed by atoms with Crippen LogP contribution in [0.25, 0.3) is 0 Å². The molecule has 1 aromatic rings. The van der Waals surface area contributed by atoms with E-state index in [0.29, 0.717) is 11.8 Å². The van der Waals surface area contributed by atoms with Gasteiger partial charge in [0.1, 0.15) is 0 Å². The van der Waals surface area contributed by atoms with Gasteiger partial charge < -0.3 is 4.90 Å². The molecule has 1 amide bonds. The van der Waals surface area contributed by atoms with E-state index in [0.717, 1.165) is 43.8 Å². The zero-order valence-corrected chi connectivity index (χ0v) is 13.6. The summed E-state index contributed by atoms with van der Waals surface area (Å²) in [4.78, 5) is 27.4. The first kappa shape index (κ1) is 14.9. The van der Waals surface area contributed by atoms with Crippen LogP contribution in [0.3, 0.4) is 0 Å². The Bertz CT molecular complexity index is 589. The molecule has 23 heavy (non-hydrogen) atoms. The Labute approximate surface area is 138 Å². The molecule has 1 aliphatic heterocycles. The van der Waals surface area contributed by atoms with Crippen molar-refractivity contribution in [2.45, 2.75) is 38.5 Å². The predicted molar refractivity (Wildman–Crippen MR) is 89.0 cm³/mol. The van der Waals surface area contributed by atoms with E-state index >= 15 is 0 Å². The number of nitrogens with zero attached hydrogens (tertiary/aromatic N) is 1. The number of fused-ring (bicyclic) bond motifs is 2. The Morgan fingerprint density at radius 3 is 2.26 bits per heavy atom. The van der Waals surface area contributed by atoms with Crippen molar-refractivity contribution in [3.05, 3.63) is 35.9 Å². The number of amides is 1. The molecule has 3 heteroatoms. The largest absolute Gasteiger partial charge is 0.342 e. The van der Waals surface area contributed by atoms with E-state index < -0.39 is 0 Å². The third kappa shape index (κ3) is 2.82. The fourth-order valence-electron chi connectivity index (χ4n) is 4.98. The summed E-state index contributed by atoms with van der Waals surface area (Å²) >= 11 is 0. The molecule has 0 N–H and O–H groups in total. The van der Waals surface area contributed by atoms with Gasteiger partial charge >= 0.3 is 0 Å². The van der Waals surface area contributed by atoms with Gasteiger partial charge in [-0.05, 0) is 43.9 Å². The van der Waals surface area contributed by atoms with Crippen LogP contribution in [0, 0.1) is 23.7 Å². The SMILES string of the molecule is O=C(c1ccccc1)C1CCN(C(=O)C2CC3CCC2C3)CC1. The van der Waals surface area contributed by atoms with Crippen LogP contribution in [0.2, 0.25) is 0 Å². The third-order valence-electron chi connectivity index (χ3n) is 6.29. The second kappa shape index (κ2) is 6.10. The second-order valence-electron chi connectivity index (χ2n) is 7.61. The summed E-state index contributed by atoms with van der Waals surface area (Å²) in [5.74, 6) is 2.46. The molecule has 3 atom stereocenters. The molecular weight excluding hydrogens is 286 g/mol.